The molecule has 76 valence electrons. The molecule has 1 nitrogen and oxygen atoms in total. The lowest BCUT2D eigenvalue weighted by molar-refractivity contribution is 0.217. The normalized spacial score (nSPS) is 38.3. The number of hydrogen-bond donors (Lipinski definition) is 1. The van der Waals surface area contributed by atoms with Gasteiger partial charge in [0.05, 0.1) is 0 Å². The van der Waals surface area contributed by atoms with Crippen molar-refractivity contribution in [3.05, 3.63) is 0 Å². The Morgan fingerprint density at radius 2 is 2.00 bits per heavy atom. The van der Waals surface area contributed by atoms with Crippen LogP contribution in [0.1, 0.15) is 32.6 Å². The smallest absolute Gasteiger partial charge is 0.0111 e. The summed E-state index contributed by atoms with van der Waals surface area (Å²) in [5.74, 6) is 5.27. The highest BCUT2D eigenvalue weighted by Gasteiger charge is 2.32. The van der Waals surface area contributed by atoms with Crippen molar-refractivity contribution in [3.63, 3.8) is 0 Å². The second-order valence-corrected chi connectivity index (χ2v) is 5.98. The summed E-state index contributed by atoms with van der Waals surface area (Å²) in [5.41, 5.74) is 6.30. The third kappa shape index (κ3) is 2.21. The Kier molecular flexibility index (Phi) is 3.20. The summed E-state index contributed by atoms with van der Waals surface area (Å²) in [7, 11) is 0. The van der Waals surface area contributed by atoms with Gasteiger partial charge in [-0.25, -0.2) is 0 Å². The first kappa shape index (κ1) is 9.85. The lowest BCUT2D eigenvalue weighted by Crippen LogP contribution is -2.45. The van der Waals surface area contributed by atoms with E-state index in [1.807, 2.05) is 0 Å². The van der Waals surface area contributed by atoms with Crippen molar-refractivity contribution in [2.45, 2.75) is 38.6 Å². The van der Waals surface area contributed by atoms with Crippen LogP contribution in [0.3, 0.4) is 0 Å². The Balaban J connectivity index is 1.83. The molecular weight excluding hydrogens is 178 g/mol. The van der Waals surface area contributed by atoms with Crippen LogP contribution >= 0.6 is 11.8 Å². The molecule has 2 fully saturated rings. The fraction of sp³-hybridized carbons (Fsp3) is 1.00. The van der Waals surface area contributed by atoms with Crippen molar-refractivity contribution in [3.8, 4) is 0 Å². The lowest BCUT2D eigenvalue weighted by Gasteiger charge is -2.39. The summed E-state index contributed by atoms with van der Waals surface area (Å²) in [5, 5.41) is 0. The zero-order chi connectivity index (χ0) is 9.26. The summed E-state index contributed by atoms with van der Waals surface area (Å²) in [6.07, 6.45) is 5.64. The molecule has 3 unspecified atom stereocenters. The number of rotatable bonds is 2. The maximum Gasteiger partial charge on any atom is 0.0111 e. The fourth-order valence-corrected chi connectivity index (χ4v) is 3.64. The van der Waals surface area contributed by atoms with Crippen LogP contribution in [0.4, 0.5) is 0 Å². The third-order valence-electron chi connectivity index (χ3n) is 3.73. The summed E-state index contributed by atoms with van der Waals surface area (Å²) in [6, 6.07) is 0.518. The third-order valence-corrected chi connectivity index (χ3v) is 5.06. The quantitative estimate of drug-likeness (QED) is 0.739. The van der Waals surface area contributed by atoms with E-state index in [1.165, 1.54) is 37.2 Å². The Labute approximate surface area is 85.8 Å². The van der Waals surface area contributed by atoms with E-state index in [1.54, 1.807) is 0 Å². The van der Waals surface area contributed by atoms with E-state index < -0.39 is 0 Å². The highest BCUT2D eigenvalue weighted by Crippen LogP contribution is 2.36. The van der Waals surface area contributed by atoms with Crippen molar-refractivity contribution in [2.24, 2.45) is 23.5 Å². The van der Waals surface area contributed by atoms with Crippen molar-refractivity contribution in [1.29, 1.82) is 0 Å². The predicted octanol–water partition coefficient (Wildman–Crippen LogP) is 2.50. The molecule has 1 saturated heterocycles. The molecule has 2 N–H and O–H groups in total. The van der Waals surface area contributed by atoms with Crippen LogP contribution in [0.25, 0.3) is 0 Å². The molecular formula is C11H21NS. The van der Waals surface area contributed by atoms with Crippen molar-refractivity contribution in [1.82, 2.24) is 0 Å². The van der Waals surface area contributed by atoms with Gasteiger partial charge in [-0.1, -0.05) is 19.8 Å². The molecule has 1 heterocycles. The SMILES string of the molecule is CC1CCCC(C(N)C2CSC2)C1. The van der Waals surface area contributed by atoms with Crippen LogP contribution in [0.5, 0.6) is 0 Å². The second kappa shape index (κ2) is 4.22. The van der Waals surface area contributed by atoms with Gasteiger partial charge in [0.2, 0.25) is 0 Å². The molecule has 0 amide bonds. The van der Waals surface area contributed by atoms with Crippen LogP contribution in [0.2, 0.25) is 0 Å². The first-order chi connectivity index (χ1) is 6.27. The minimum absolute atomic E-state index is 0.518. The largest absolute Gasteiger partial charge is 0.327 e. The van der Waals surface area contributed by atoms with E-state index in [-0.39, 0.29) is 0 Å². The van der Waals surface area contributed by atoms with Crippen LogP contribution in [0.15, 0.2) is 0 Å². The molecule has 0 aromatic carbocycles. The van der Waals surface area contributed by atoms with Crippen molar-refractivity contribution >= 4 is 11.8 Å². The molecule has 0 bridgehead atoms. The average Bonchev–Trinajstić information content (AvgIpc) is 2.01. The van der Waals surface area contributed by atoms with E-state index in [0.29, 0.717) is 6.04 Å². The average molecular weight is 199 g/mol. The summed E-state index contributed by atoms with van der Waals surface area (Å²) in [4.78, 5) is 0. The van der Waals surface area contributed by atoms with Gasteiger partial charge >= 0.3 is 0 Å². The Hall–Kier alpha value is 0.310. The van der Waals surface area contributed by atoms with E-state index in [2.05, 4.69) is 18.7 Å². The summed E-state index contributed by atoms with van der Waals surface area (Å²) >= 11 is 2.06. The van der Waals surface area contributed by atoms with Crippen LogP contribution < -0.4 is 5.73 Å². The summed E-state index contributed by atoms with van der Waals surface area (Å²) < 4.78 is 0. The van der Waals surface area contributed by atoms with Gasteiger partial charge in [-0.3, -0.25) is 0 Å². The highest BCUT2D eigenvalue weighted by atomic mass is 32.2. The van der Waals surface area contributed by atoms with Crippen LogP contribution in [0, 0.1) is 17.8 Å². The molecule has 2 heteroatoms. The summed E-state index contributed by atoms with van der Waals surface area (Å²) in [6.45, 7) is 2.38. The number of thioether (sulfide) groups is 1. The number of nitrogens with two attached hydrogens (primary N) is 1. The fourth-order valence-electron chi connectivity index (χ4n) is 2.69. The van der Waals surface area contributed by atoms with Crippen LogP contribution in [-0.4, -0.2) is 17.5 Å². The van der Waals surface area contributed by atoms with E-state index in [9.17, 15) is 0 Å². The van der Waals surface area contributed by atoms with Gasteiger partial charge in [0.1, 0.15) is 0 Å². The Morgan fingerprint density at radius 3 is 2.54 bits per heavy atom. The minimum Gasteiger partial charge on any atom is -0.327 e. The van der Waals surface area contributed by atoms with Gasteiger partial charge in [0.15, 0.2) is 0 Å². The monoisotopic (exact) mass is 199 g/mol. The molecule has 13 heavy (non-hydrogen) atoms. The van der Waals surface area contributed by atoms with Gasteiger partial charge in [0, 0.05) is 6.04 Å². The molecule has 0 radical (unpaired) electrons. The lowest BCUT2D eigenvalue weighted by atomic mass is 9.76. The maximum absolute atomic E-state index is 6.30. The first-order valence-corrected chi connectivity index (χ1v) is 6.76. The van der Waals surface area contributed by atoms with E-state index >= 15 is 0 Å². The standard InChI is InChI=1S/C11H21NS/c1-8-3-2-4-9(5-8)11(12)10-6-13-7-10/h8-11H,2-7,12H2,1H3. The zero-order valence-corrected chi connectivity index (χ0v) is 9.35. The van der Waals surface area contributed by atoms with Gasteiger partial charge in [-0.2, -0.15) is 11.8 Å². The Bertz CT molecular complexity index is 167. The van der Waals surface area contributed by atoms with Crippen molar-refractivity contribution in [2.75, 3.05) is 11.5 Å². The minimum atomic E-state index is 0.518. The van der Waals surface area contributed by atoms with Crippen LogP contribution in [-0.2, 0) is 0 Å². The molecule has 3 atom stereocenters. The van der Waals surface area contributed by atoms with Gasteiger partial charge in [-0.15, -0.1) is 0 Å². The van der Waals surface area contributed by atoms with Gasteiger partial charge < -0.3 is 5.73 Å². The molecule has 1 saturated carbocycles. The van der Waals surface area contributed by atoms with E-state index in [4.69, 9.17) is 5.73 Å². The molecule has 0 spiro atoms. The molecule has 0 aromatic heterocycles. The molecule has 1 aliphatic carbocycles. The highest BCUT2D eigenvalue weighted by molar-refractivity contribution is 8.00. The van der Waals surface area contributed by atoms with E-state index in [0.717, 1.165) is 17.8 Å². The Morgan fingerprint density at radius 1 is 1.23 bits per heavy atom. The van der Waals surface area contributed by atoms with Gasteiger partial charge in [0.25, 0.3) is 0 Å². The molecule has 2 aliphatic rings. The zero-order valence-electron chi connectivity index (χ0n) is 8.54. The predicted molar refractivity (Wildman–Crippen MR) is 59.9 cm³/mol. The topological polar surface area (TPSA) is 26.0 Å². The van der Waals surface area contributed by atoms with Gasteiger partial charge in [-0.05, 0) is 42.1 Å². The first-order valence-electron chi connectivity index (χ1n) is 5.60. The molecule has 2 rings (SSSR count). The van der Waals surface area contributed by atoms with Crippen molar-refractivity contribution < 1.29 is 0 Å². The number of hydrogen-bond acceptors (Lipinski definition) is 2. The second-order valence-electron chi connectivity index (χ2n) is 4.91. The molecule has 1 aliphatic heterocycles. The molecule has 0 aromatic rings. The maximum atomic E-state index is 6.30.